The smallest absolute Gasteiger partial charge is 0.294 e. The number of hydrogen-bond donors (Lipinski definition) is 3. The third kappa shape index (κ3) is 4.28. The van der Waals surface area contributed by atoms with E-state index in [4.69, 9.17) is 0 Å². The number of aromatic nitrogens is 1. The Hall–Kier alpha value is -3.00. The fourth-order valence-corrected chi connectivity index (χ4v) is 2.98. The first-order chi connectivity index (χ1) is 13.0. The van der Waals surface area contributed by atoms with Gasteiger partial charge >= 0.3 is 0 Å². The van der Waals surface area contributed by atoms with E-state index < -0.39 is 23.7 Å². The maximum absolute atomic E-state index is 13.4. The molecule has 3 N–H and O–H groups in total. The molecule has 1 heterocycles. The van der Waals surface area contributed by atoms with E-state index in [2.05, 4.69) is 10.6 Å². The molecule has 2 amide bonds. The highest BCUT2D eigenvalue weighted by atomic mass is 19.1. The number of anilines is 1. The minimum atomic E-state index is -0.856. The number of ketones is 1. The fraction of sp³-hybridized carbons (Fsp3) is 0.350. The molecule has 0 bridgehead atoms. The number of benzene rings is 1. The molecule has 0 aliphatic rings. The molecule has 0 saturated heterocycles. The molecule has 0 radical (unpaired) electrons. The number of hydrogen-bond acceptors (Lipinski definition) is 4. The molecular weight excluding hydrogens is 365 g/mol. The second-order valence-corrected chi connectivity index (χ2v) is 6.80. The number of carbonyl (C=O) groups excluding carboxylic acids is 3. The number of aryl methyl sites for hydroxylation is 1. The minimum Gasteiger partial charge on any atom is -0.392 e. The zero-order valence-corrected chi connectivity index (χ0v) is 16.5. The number of halogens is 1. The molecule has 7 nitrogen and oxygen atoms in total. The van der Waals surface area contributed by atoms with Crippen LogP contribution in [-0.4, -0.2) is 39.9 Å². The molecule has 0 aliphatic carbocycles. The summed E-state index contributed by atoms with van der Waals surface area (Å²) >= 11 is 0. The number of nitrogens with one attached hydrogen (secondary N) is 2. The molecule has 0 unspecified atom stereocenters. The number of aliphatic hydroxyl groups is 1. The Labute approximate surface area is 162 Å². The van der Waals surface area contributed by atoms with Crippen LogP contribution >= 0.6 is 0 Å². The van der Waals surface area contributed by atoms with Gasteiger partial charge in [-0.3, -0.25) is 14.4 Å². The minimum absolute atomic E-state index is 0.0513. The van der Waals surface area contributed by atoms with Gasteiger partial charge in [0.15, 0.2) is 0 Å². The number of nitrogens with zero attached hydrogens (tertiary/aromatic N) is 1. The zero-order chi connectivity index (χ0) is 21.2. The predicted octanol–water partition coefficient (Wildman–Crippen LogP) is 2.02. The third-order valence-corrected chi connectivity index (χ3v) is 4.55. The summed E-state index contributed by atoms with van der Waals surface area (Å²) in [6.07, 6.45) is -0.784. The highest BCUT2D eigenvalue weighted by Crippen LogP contribution is 2.23. The second-order valence-electron chi connectivity index (χ2n) is 6.80. The third-order valence-electron chi connectivity index (χ3n) is 4.55. The maximum atomic E-state index is 13.4. The van der Waals surface area contributed by atoms with Crippen LogP contribution in [0.3, 0.4) is 0 Å². The van der Waals surface area contributed by atoms with Crippen molar-refractivity contribution >= 4 is 23.3 Å². The van der Waals surface area contributed by atoms with Gasteiger partial charge in [0.05, 0.1) is 17.4 Å². The van der Waals surface area contributed by atoms with Gasteiger partial charge in [-0.25, -0.2) is 4.39 Å². The molecule has 150 valence electrons. The Kier molecular flexibility index (Phi) is 6.35. The summed E-state index contributed by atoms with van der Waals surface area (Å²) in [5.74, 6) is -2.48. The van der Waals surface area contributed by atoms with Crippen molar-refractivity contribution in [3.05, 3.63) is 52.1 Å². The first kappa shape index (κ1) is 21.3. The first-order valence-electron chi connectivity index (χ1n) is 8.78. The first-order valence-corrected chi connectivity index (χ1v) is 8.78. The van der Waals surface area contributed by atoms with E-state index in [9.17, 15) is 23.9 Å². The number of Topliss-reactive ketones (excluding diaryl/α,β-unsaturated/α-hetero) is 1. The SMILES string of the molecule is Cc1cc(NC(=O)c2c(C)c(C(=O)C(=O)NC[C@H](C)O)n(C)c2C)ccc1F. The summed E-state index contributed by atoms with van der Waals surface area (Å²) in [5, 5.41) is 14.3. The van der Waals surface area contributed by atoms with Gasteiger partial charge in [-0.1, -0.05) is 0 Å². The molecular formula is C20H24FN3O4. The lowest BCUT2D eigenvalue weighted by molar-refractivity contribution is -0.117. The zero-order valence-electron chi connectivity index (χ0n) is 16.5. The van der Waals surface area contributed by atoms with E-state index in [1.807, 2.05) is 0 Å². The van der Waals surface area contributed by atoms with Crippen LogP contribution in [0.15, 0.2) is 18.2 Å². The summed E-state index contributed by atoms with van der Waals surface area (Å²) in [5.41, 5.74) is 2.07. The van der Waals surface area contributed by atoms with E-state index in [0.717, 1.165) is 0 Å². The highest BCUT2D eigenvalue weighted by Gasteiger charge is 2.28. The van der Waals surface area contributed by atoms with Crippen LogP contribution in [0.25, 0.3) is 0 Å². The van der Waals surface area contributed by atoms with Gasteiger partial charge in [0.2, 0.25) is 0 Å². The van der Waals surface area contributed by atoms with Crippen molar-refractivity contribution in [2.75, 3.05) is 11.9 Å². The van der Waals surface area contributed by atoms with Crippen molar-refractivity contribution in [1.29, 1.82) is 0 Å². The van der Waals surface area contributed by atoms with Crippen molar-refractivity contribution < 1.29 is 23.9 Å². The molecule has 1 atom stereocenters. The number of rotatable bonds is 6. The van der Waals surface area contributed by atoms with Crippen molar-refractivity contribution in [1.82, 2.24) is 9.88 Å². The molecule has 1 aromatic carbocycles. The average Bonchev–Trinajstić information content (AvgIpc) is 2.84. The van der Waals surface area contributed by atoms with E-state index in [0.29, 0.717) is 22.5 Å². The largest absolute Gasteiger partial charge is 0.392 e. The molecule has 2 rings (SSSR count). The van der Waals surface area contributed by atoms with Gasteiger partial charge < -0.3 is 20.3 Å². The average molecular weight is 389 g/mol. The molecule has 0 aliphatic heterocycles. The van der Waals surface area contributed by atoms with E-state index in [1.165, 1.54) is 29.7 Å². The molecule has 0 fully saturated rings. The Morgan fingerprint density at radius 3 is 2.43 bits per heavy atom. The predicted molar refractivity (Wildman–Crippen MR) is 103 cm³/mol. The molecule has 1 aromatic heterocycles. The summed E-state index contributed by atoms with van der Waals surface area (Å²) in [7, 11) is 1.59. The Bertz CT molecular complexity index is 947. The van der Waals surface area contributed by atoms with Gasteiger partial charge in [-0.05, 0) is 57.0 Å². The van der Waals surface area contributed by atoms with Crippen LogP contribution < -0.4 is 10.6 Å². The Morgan fingerprint density at radius 2 is 1.86 bits per heavy atom. The summed E-state index contributed by atoms with van der Waals surface area (Å²) < 4.78 is 14.9. The van der Waals surface area contributed by atoms with Gasteiger partial charge in [0.25, 0.3) is 17.6 Å². The van der Waals surface area contributed by atoms with Crippen LogP contribution in [0.2, 0.25) is 0 Å². The van der Waals surface area contributed by atoms with Crippen LogP contribution in [0.1, 0.15) is 44.6 Å². The van der Waals surface area contributed by atoms with Gasteiger partial charge in [-0.15, -0.1) is 0 Å². The molecule has 8 heteroatoms. The topological polar surface area (TPSA) is 100 Å². The summed E-state index contributed by atoms with van der Waals surface area (Å²) in [6.45, 7) is 6.29. The van der Waals surface area contributed by atoms with Gasteiger partial charge in [0.1, 0.15) is 5.82 Å². The summed E-state index contributed by atoms with van der Waals surface area (Å²) in [4.78, 5) is 37.4. The number of carbonyl (C=O) groups is 3. The monoisotopic (exact) mass is 389 g/mol. The Morgan fingerprint density at radius 1 is 1.21 bits per heavy atom. The fourth-order valence-electron chi connectivity index (χ4n) is 2.98. The Balaban J connectivity index is 2.32. The maximum Gasteiger partial charge on any atom is 0.294 e. The van der Waals surface area contributed by atoms with Crippen molar-refractivity contribution in [2.45, 2.75) is 33.8 Å². The molecule has 0 saturated carbocycles. The van der Waals surface area contributed by atoms with E-state index in [-0.39, 0.29) is 23.6 Å². The van der Waals surface area contributed by atoms with Crippen LogP contribution in [0.4, 0.5) is 10.1 Å². The van der Waals surface area contributed by atoms with Crippen molar-refractivity contribution in [3.8, 4) is 0 Å². The van der Waals surface area contributed by atoms with Crippen LogP contribution in [0.5, 0.6) is 0 Å². The lowest BCUT2D eigenvalue weighted by Crippen LogP contribution is -2.36. The molecule has 2 aromatic rings. The normalized spacial score (nSPS) is 11.8. The standard InChI is InChI=1S/C20H24FN3O4/c1-10-8-14(6-7-15(10)21)23-19(27)16-12(3)17(24(5)13(16)4)18(26)20(28)22-9-11(2)25/h6-8,11,25H,9H2,1-5H3,(H,22,28)(H,23,27)/t11-/m0/s1. The van der Waals surface area contributed by atoms with Gasteiger partial charge in [0, 0.05) is 25.0 Å². The van der Waals surface area contributed by atoms with Crippen molar-refractivity contribution in [2.24, 2.45) is 7.05 Å². The lowest BCUT2D eigenvalue weighted by atomic mass is 10.1. The van der Waals surface area contributed by atoms with Crippen LogP contribution in [-0.2, 0) is 11.8 Å². The number of aliphatic hydroxyl groups excluding tert-OH is 1. The van der Waals surface area contributed by atoms with Gasteiger partial charge in [-0.2, -0.15) is 0 Å². The quantitative estimate of drug-likeness (QED) is 0.520. The van der Waals surface area contributed by atoms with E-state index in [1.54, 1.807) is 27.8 Å². The van der Waals surface area contributed by atoms with Crippen molar-refractivity contribution in [3.63, 3.8) is 0 Å². The number of amides is 2. The second kappa shape index (κ2) is 8.35. The highest BCUT2D eigenvalue weighted by molar-refractivity contribution is 6.43. The molecule has 0 spiro atoms. The molecule has 28 heavy (non-hydrogen) atoms. The van der Waals surface area contributed by atoms with Crippen LogP contribution in [0, 0.1) is 26.6 Å². The van der Waals surface area contributed by atoms with E-state index >= 15 is 0 Å². The lowest BCUT2D eigenvalue weighted by Gasteiger charge is -2.08. The summed E-state index contributed by atoms with van der Waals surface area (Å²) in [6, 6.07) is 4.22.